The van der Waals surface area contributed by atoms with Crippen molar-refractivity contribution < 1.29 is 14.4 Å². The van der Waals surface area contributed by atoms with E-state index in [4.69, 9.17) is 21.2 Å². The van der Waals surface area contributed by atoms with Crippen molar-refractivity contribution in [3.05, 3.63) is 46.9 Å². The van der Waals surface area contributed by atoms with Gasteiger partial charge in [-0.3, -0.25) is 9.63 Å². The maximum atomic E-state index is 12.1. The molecule has 9 heteroatoms. The number of rotatable bonds is 1. The number of hydrogen-bond acceptors (Lipinski definition) is 7. The van der Waals surface area contributed by atoms with Crippen LogP contribution in [0.25, 0.3) is 10.9 Å². The molecule has 30 heavy (non-hydrogen) atoms. The number of fused-ring (bicyclic) bond motifs is 1. The molecule has 0 fully saturated rings. The number of anilines is 1. The van der Waals surface area contributed by atoms with E-state index < -0.39 is 0 Å². The van der Waals surface area contributed by atoms with Crippen molar-refractivity contribution >= 4 is 34.2 Å². The van der Waals surface area contributed by atoms with E-state index in [9.17, 15) is 4.79 Å². The summed E-state index contributed by atoms with van der Waals surface area (Å²) in [7, 11) is 1.61. The zero-order chi connectivity index (χ0) is 20.9. The molecule has 0 radical (unpaired) electrons. The Labute approximate surface area is 179 Å². The normalized spacial score (nSPS) is 18.7. The highest BCUT2D eigenvalue weighted by molar-refractivity contribution is 6.29. The van der Waals surface area contributed by atoms with E-state index in [-0.39, 0.29) is 12.5 Å². The summed E-state index contributed by atoms with van der Waals surface area (Å²) in [5.41, 5.74) is 2.78. The molecule has 1 aromatic heterocycles. The summed E-state index contributed by atoms with van der Waals surface area (Å²) in [5.74, 6) is 1.30. The Morgan fingerprint density at radius 3 is 3.03 bits per heavy atom. The van der Waals surface area contributed by atoms with Crippen molar-refractivity contribution in [1.29, 1.82) is 0 Å². The van der Waals surface area contributed by atoms with Gasteiger partial charge in [0.05, 0.1) is 31.5 Å². The lowest BCUT2D eigenvalue weighted by Gasteiger charge is -2.29. The summed E-state index contributed by atoms with van der Waals surface area (Å²) in [6, 6.07) is 5.71. The van der Waals surface area contributed by atoms with E-state index in [1.807, 2.05) is 24.3 Å². The zero-order valence-electron chi connectivity index (χ0n) is 16.8. The molecule has 0 atom stereocenters. The van der Waals surface area contributed by atoms with Crippen LogP contribution in [0.1, 0.15) is 19.3 Å². The Bertz CT molecular complexity index is 1010. The molecule has 2 bridgehead atoms. The Morgan fingerprint density at radius 1 is 1.27 bits per heavy atom. The summed E-state index contributed by atoms with van der Waals surface area (Å²) in [5, 5.41) is 9.43. The molecule has 2 aliphatic rings. The predicted molar refractivity (Wildman–Crippen MR) is 115 cm³/mol. The highest BCUT2D eigenvalue weighted by Gasteiger charge is 2.23. The lowest BCUT2D eigenvalue weighted by Crippen LogP contribution is -2.36. The minimum atomic E-state index is -0.0511. The van der Waals surface area contributed by atoms with Crippen LogP contribution in [0.4, 0.5) is 5.82 Å². The lowest BCUT2D eigenvalue weighted by atomic mass is 10.0. The van der Waals surface area contributed by atoms with Gasteiger partial charge in [0.25, 0.3) is 0 Å². The Kier molecular flexibility index (Phi) is 6.47. The summed E-state index contributed by atoms with van der Waals surface area (Å²) >= 11 is 6.32. The largest absolute Gasteiger partial charge is 0.494 e. The van der Waals surface area contributed by atoms with Crippen LogP contribution >= 0.6 is 11.6 Å². The first-order valence-corrected chi connectivity index (χ1v) is 10.3. The van der Waals surface area contributed by atoms with Crippen molar-refractivity contribution in [1.82, 2.24) is 20.6 Å². The number of carbonyl (C=O) groups excluding carboxylic acids is 1. The molecule has 1 aromatic carbocycles. The summed E-state index contributed by atoms with van der Waals surface area (Å²) in [4.78, 5) is 26.7. The van der Waals surface area contributed by atoms with Gasteiger partial charge < -0.3 is 15.4 Å². The Morgan fingerprint density at radius 2 is 2.17 bits per heavy atom. The number of allylic oxidation sites excluding steroid dienone is 2. The molecule has 1 aliphatic carbocycles. The number of benzene rings is 1. The van der Waals surface area contributed by atoms with Crippen LogP contribution in [0.2, 0.25) is 0 Å². The minimum absolute atomic E-state index is 0.0511. The van der Waals surface area contributed by atoms with Crippen LogP contribution in [-0.2, 0) is 9.63 Å². The molecule has 0 saturated heterocycles. The number of aromatic nitrogens is 2. The molecule has 4 rings (SSSR count). The van der Waals surface area contributed by atoms with Gasteiger partial charge in [-0.2, -0.15) is 0 Å². The van der Waals surface area contributed by atoms with Gasteiger partial charge in [0.2, 0.25) is 5.91 Å². The van der Waals surface area contributed by atoms with Crippen LogP contribution in [0.5, 0.6) is 5.75 Å². The van der Waals surface area contributed by atoms with Crippen LogP contribution in [0.3, 0.4) is 0 Å². The predicted octanol–water partition coefficient (Wildman–Crippen LogP) is 2.66. The van der Waals surface area contributed by atoms with Crippen molar-refractivity contribution in [3.63, 3.8) is 0 Å². The van der Waals surface area contributed by atoms with E-state index in [0.29, 0.717) is 44.8 Å². The van der Waals surface area contributed by atoms with Crippen molar-refractivity contribution in [3.8, 4) is 5.75 Å². The van der Waals surface area contributed by atoms with Gasteiger partial charge in [0.15, 0.2) is 5.82 Å². The highest BCUT2D eigenvalue weighted by atomic mass is 35.5. The van der Waals surface area contributed by atoms with E-state index >= 15 is 0 Å². The summed E-state index contributed by atoms with van der Waals surface area (Å²) in [6.45, 7) is 1.80. The number of hydrogen-bond donors (Lipinski definition) is 2. The van der Waals surface area contributed by atoms with Gasteiger partial charge >= 0.3 is 0 Å². The van der Waals surface area contributed by atoms with E-state index in [1.165, 1.54) is 6.33 Å². The quantitative estimate of drug-likeness (QED) is 0.720. The second kappa shape index (κ2) is 9.42. The van der Waals surface area contributed by atoms with Crippen LogP contribution in [0, 0.1) is 0 Å². The minimum Gasteiger partial charge on any atom is -0.494 e. The number of ether oxygens (including phenoxy) is 1. The monoisotopic (exact) mass is 429 g/mol. The van der Waals surface area contributed by atoms with Crippen molar-refractivity contribution in [2.24, 2.45) is 0 Å². The third-order valence-electron chi connectivity index (χ3n) is 5.05. The van der Waals surface area contributed by atoms with Gasteiger partial charge in [-0.05, 0) is 30.2 Å². The SMILES string of the molecule is CON1C2=C(CNCC(=O)NCCCOc3ccc4ncnc1c4c3)CC(Cl)=CC2. The fourth-order valence-electron chi connectivity index (χ4n) is 3.60. The molecule has 0 saturated carbocycles. The maximum Gasteiger partial charge on any atom is 0.233 e. The molecule has 1 aliphatic heterocycles. The molecular weight excluding hydrogens is 406 g/mol. The van der Waals surface area contributed by atoms with Gasteiger partial charge in [-0.1, -0.05) is 17.7 Å². The summed E-state index contributed by atoms with van der Waals surface area (Å²) < 4.78 is 5.87. The van der Waals surface area contributed by atoms with Gasteiger partial charge in [-0.25, -0.2) is 15.0 Å². The molecular formula is C21H24ClN5O3. The van der Waals surface area contributed by atoms with E-state index in [1.54, 1.807) is 12.2 Å². The molecule has 1 amide bonds. The molecule has 158 valence electrons. The first kappa shape index (κ1) is 20.6. The number of carbonyl (C=O) groups is 1. The van der Waals surface area contributed by atoms with Crippen molar-refractivity contribution in [2.75, 3.05) is 38.4 Å². The second-order valence-corrected chi connectivity index (χ2v) is 7.58. The molecule has 2 aromatic rings. The molecule has 8 nitrogen and oxygen atoms in total. The van der Waals surface area contributed by atoms with Crippen LogP contribution in [0.15, 0.2) is 46.9 Å². The number of halogens is 1. The highest BCUT2D eigenvalue weighted by Crippen LogP contribution is 2.34. The summed E-state index contributed by atoms with van der Waals surface area (Å²) in [6.07, 6.45) is 5.38. The van der Waals surface area contributed by atoms with E-state index in [0.717, 1.165) is 33.0 Å². The topological polar surface area (TPSA) is 88.6 Å². The fraction of sp³-hybridized carbons (Fsp3) is 0.381. The Balaban J connectivity index is 1.79. The first-order valence-electron chi connectivity index (χ1n) is 9.90. The molecule has 2 heterocycles. The molecule has 0 unspecified atom stereocenters. The molecule has 0 spiro atoms. The Hall–Kier alpha value is -2.68. The maximum absolute atomic E-state index is 12.1. The lowest BCUT2D eigenvalue weighted by molar-refractivity contribution is -0.120. The average Bonchev–Trinajstić information content (AvgIpc) is 2.75. The van der Waals surface area contributed by atoms with Crippen molar-refractivity contribution in [2.45, 2.75) is 19.3 Å². The fourth-order valence-corrected chi connectivity index (χ4v) is 3.84. The second-order valence-electron chi connectivity index (χ2n) is 7.09. The third kappa shape index (κ3) is 4.56. The van der Waals surface area contributed by atoms with E-state index in [2.05, 4.69) is 20.6 Å². The van der Waals surface area contributed by atoms with Gasteiger partial charge in [0, 0.05) is 36.3 Å². The number of nitrogens with zero attached hydrogens (tertiary/aromatic N) is 3. The average molecular weight is 430 g/mol. The standard InChI is InChI=1S/C21H24ClN5O3/c1-29-27-19-6-3-15(22)9-14(19)11-23-12-20(28)24-7-2-8-30-16-4-5-18-17(10-16)21(27)26-13-25-18/h3-5,10,13,23H,2,6-9,11-12H2,1H3,(H,24,28). The zero-order valence-corrected chi connectivity index (χ0v) is 17.5. The van der Waals surface area contributed by atoms with Gasteiger partial charge in [-0.15, -0.1) is 0 Å². The molecule has 2 N–H and O–H groups in total. The number of amides is 1. The van der Waals surface area contributed by atoms with Crippen LogP contribution < -0.4 is 20.4 Å². The number of hydroxylamine groups is 1. The van der Waals surface area contributed by atoms with Crippen LogP contribution in [-0.4, -0.2) is 49.2 Å². The smallest absolute Gasteiger partial charge is 0.233 e. The van der Waals surface area contributed by atoms with Gasteiger partial charge in [0.1, 0.15) is 12.1 Å². The number of nitrogens with one attached hydrogen (secondary N) is 2. The third-order valence-corrected chi connectivity index (χ3v) is 5.34. The first-order chi connectivity index (χ1) is 14.7.